The van der Waals surface area contributed by atoms with Gasteiger partial charge in [-0.2, -0.15) is 0 Å². The Labute approximate surface area is 417 Å². The molecule has 16 N–H and O–H groups in total. The number of nitrogens with two attached hydrogens (primary N) is 3. The molecule has 378 valence electrons. The van der Waals surface area contributed by atoms with E-state index in [-0.39, 0.29) is 89.4 Å². The molecule has 0 aromatic heterocycles. The summed E-state index contributed by atoms with van der Waals surface area (Å²) in [5, 5.41) is 48.9. The summed E-state index contributed by atoms with van der Waals surface area (Å²) >= 11 is 5.45. The van der Waals surface area contributed by atoms with Crippen molar-refractivity contribution in [2.24, 2.45) is 22.2 Å². The summed E-state index contributed by atoms with van der Waals surface area (Å²) < 4.78 is 5.89. The number of thiocarbonyl (C=S) groups is 1. The predicted octanol–water partition coefficient (Wildman–Crippen LogP) is -0.111. The highest BCUT2D eigenvalue weighted by molar-refractivity contribution is 8.76. The molecule has 71 heavy (non-hydrogen) atoms. The van der Waals surface area contributed by atoms with Crippen molar-refractivity contribution < 1.29 is 58.1 Å². The lowest BCUT2D eigenvalue weighted by molar-refractivity contribution is -0.141. The smallest absolute Gasteiger partial charge is 0.336 e. The first-order chi connectivity index (χ1) is 33.8. The molecule has 0 radical (unpaired) electrons. The van der Waals surface area contributed by atoms with E-state index >= 15 is 0 Å². The molecular weight excluding hydrogens is 987 g/mol. The molecule has 3 aliphatic rings. The second kappa shape index (κ2) is 25.8. The number of primary amides is 1. The standard InChI is InChI=1S/C44H51N11O13S3/c45-34(58)17-29-38(61)50-18-36(60)52-28(4-3-13-48-43(46)47)39(62)55-31(42(66)67)20-71-70-19-30(40(63)54-29)53-35(59)5-1-2-12-49-44(69)51-21-6-9-24(27(14-21)41(64)65)37-25-10-7-22(56)15-32(25)68-33-16-23(57)8-11-26(33)37/h6-11,14-16,28-31,56H,1-5,12-13,17-20H2,(H2,45,58)(H,50,61)(H,52,60)(H,53,59)(H,54,63)(H,55,62)(H,64,65)(H,66,67)(H4,46,47,48)(H2,49,51,69)/t28-,29?,30?,31?/m0/s1. The lowest BCUT2D eigenvalue weighted by Crippen LogP contribution is -2.56. The van der Waals surface area contributed by atoms with E-state index < -0.39 is 84.5 Å². The Morgan fingerprint density at radius 1 is 0.831 bits per heavy atom. The van der Waals surface area contributed by atoms with E-state index in [2.05, 4.69) is 42.2 Å². The minimum Gasteiger partial charge on any atom is -0.508 e. The van der Waals surface area contributed by atoms with Crippen molar-refractivity contribution in [3.05, 3.63) is 70.4 Å². The number of nitrogens with zero attached hydrogens (tertiary/aromatic N) is 1. The summed E-state index contributed by atoms with van der Waals surface area (Å²) in [5.41, 5.74) is 17.5. The van der Waals surface area contributed by atoms with Crippen LogP contribution in [0.1, 0.15) is 48.9 Å². The van der Waals surface area contributed by atoms with Crippen molar-refractivity contribution in [2.75, 3.05) is 36.5 Å². The zero-order valence-corrected chi connectivity index (χ0v) is 40.1. The molecule has 2 aliphatic heterocycles. The van der Waals surface area contributed by atoms with Crippen LogP contribution in [0.4, 0.5) is 5.69 Å². The number of carboxylic acid groups (broad SMARTS) is 2. The number of guanidine groups is 1. The first-order valence-electron chi connectivity index (χ1n) is 21.7. The van der Waals surface area contributed by atoms with Crippen molar-refractivity contribution in [2.45, 2.75) is 62.7 Å². The Balaban J connectivity index is 1.19. The number of carboxylic acids is 2. The molecule has 4 atom stereocenters. The van der Waals surface area contributed by atoms with Gasteiger partial charge in [-0.25, -0.2) is 9.59 Å². The predicted molar refractivity (Wildman–Crippen MR) is 268 cm³/mol. The van der Waals surface area contributed by atoms with Crippen molar-refractivity contribution in [3.8, 4) is 28.2 Å². The highest BCUT2D eigenvalue weighted by Gasteiger charge is 2.31. The van der Waals surface area contributed by atoms with E-state index in [1.165, 1.54) is 30.3 Å². The number of hydrogen-bond acceptors (Lipinski definition) is 15. The Hall–Kier alpha value is -7.65. The molecule has 3 unspecified atom stereocenters. The minimum absolute atomic E-state index is 0.0154. The van der Waals surface area contributed by atoms with Crippen LogP contribution >= 0.6 is 33.8 Å². The number of fused-ring (bicyclic) bond motifs is 2. The number of aliphatic imine (C=N–C) groups is 1. The number of nitrogens with one attached hydrogen (secondary N) is 7. The van der Waals surface area contributed by atoms with Crippen LogP contribution in [0.25, 0.3) is 33.4 Å². The number of rotatable bonds is 16. The fourth-order valence-electron chi connectivity index (χ4n) is 7.07. The number of aromatic hydroxyl groups is 1. The summed E-state index contributed by atoms with van der Waals surface area (Å²) in [6.07, 6.45) is 0.109. The van der Waals surface area contributed by atoms with Crippen LogP contribution in [0.5, 0.6) is 5.75 Å². The van der Waals surface area contributed by atoms with Gasteiger partial charge < -0.3 is 74.2 Å². The largest absolute Gasteiger partial charge is 0.508 e. The number of benzene rings is 3. The molecule has 24 nitrogen and oxygen atoms in total. The minimum atomic E-state index is -1.57. The fourth-order valence-corrected chi connectivity index (χ4v) is 9.61. The van der Waals surface area contributed by atoms with Gasteiger partial charge in [-0.3, -0.25) is 38.6 Å². The molecule has 0 saturated carbocycles. The molecule has 1 saturated heterocycles. The second-order valence-corrected chi connectivity index (χ2v) is 18.8. The Bertz CT molecular complexity index is 2750. The SMILES string of the molecule is NC(=O)CC1NC(=O)C(NC(=O)CCCCNC(=S)Nc2ccc(-c3c4ccc(=O)cc-4oc4cc(O)ccc34)c(C(=O)O)c2)CSSCC(C(=O)O)NC(=O)[C@H](CCCN=C(N)N)NC(=O)CNC1=O. The molecule has 2 aromatic rings. The van der Waals surface area contributed by atoms with Gasteiger partial charge in [0.2, 0.25) is 35.4 Å². The van der Waals surface area contributed by atoms with Gasteiger partial charge in [0, 0.05) is 65.3 Å². The average molecular weight is 1040 g/mol. The lowest BCUT2D eigenvalue weighted by atomic mass is 9.90. The number of aromatic carboxylic acids is 1. The highest BCUT2D eigenvalue weighted by atomic mass is 33.1. The quantitative estimate of drug-likeness (QED) is 0.0174. The number of anilines is 1. The molecule has 1 fully saturated rings. The van der Waals surface area contributed by atoms with Crippen LogP contribution in [-0.4, -0.2) is 129 Å². The number of unbranched alkanes of at least 4 members (excludes halogenated alkanes) is 1. The van der Waals surface area contributed by atoms with Crippen molar-refractivity contribution >= 4 is 109 Å². The molecule has 2 aromatic carbocycles. The third kappa shape index (κ3) is 16.2. The van der Waals surface area contributed by atoms with Crippen LogP contribution in [0, 0.1) is 0 Å². The highest BCUT2D eigenvalue weighted by Crippen LogP contribution is 2.42. The summed E-state index contributed by atoms with van der Waals surface area (Å²) in [6.45, 7) is -0.359. The molecule has 1 aliphatic carbocycles. The maximum Gasteiger partial charge on any atom is 0.336 e. The van der Waals surface area contributed by atoms with E-state index in [0.717, 1.165) is 21.6 Å². The van der Waals surface area contributed by atoms with Gasteiger partial charge in [0.05, 0.1) is 18.5 Å². The number of aliphatic carboxylic acids is 1. The second-order valence-electron chi connectivity index (χ2n) is 15.8. The van der Waals surface area contributed by atoms with E-state index in [0.29, 0.717) is 34.2 Å². The van der Waals surface area contributed by atoms with Crippen molar-refractivity contribution in [1.82, 2.24) is 31.9 Å². The zero-order valence-electron chi connectivity index (χ0n) is 37.6. The zero-order chi connectivity index (χ0) is 51.8. The first kappa shape index (κ1) is 54.3. The van der Waals surface area contributed by atoms with Gasteiger partial charge in [-0.15, -0.1) is 0 Å². The summed E-state index contributed by atoms with van der Waals surface area (Å²) in [7, 11) is 1.95. The van der Waals surface area contributed by atoms with Crippen LogP contribution < -0.4 is 59.8 Å². The number of phenolic OH excluding ortho intramolecular Hbond substituents is 1. The maximum atomic E-state index is 13.6. The van der Waals surface area contributed by atoms with Crippen LogP contribution in [0.2, 0.25) is 0 Å². The number of carbonyl (C=O) groups excluding carboxylic acids is 6. The summed E-state index contributed by atoms with van der Waals surface area (Å²) in [6, 6.07) is 7.54. The topological polar surface area (TPSA) is 402 Å². The molecule has 2 heterocycles. The molecule has 0 bridgehead atoms. The lowest BCUT2D eigenvalue weighted by Gasteiger charge is -2.22. The fraction of sp³-hybridized carbons (Fsp3) is 0.341. The van der Waals surface area contributed by atoms with Gasteiger partial charge in [0.15, 0.2) is 16.5 Å². The summed E-state index contributed by atoms with van der Waals surface area (Å²) in [4.78, 5) is 119. The molecular formula is C44H51N11O13S3. The third-order valence-electron chi connectivity index (χ3n) is 10.4. The van der Waals surface area contributed by atoms with Crippen LogP contribution in [-0.2, 0) is 33.6 Å². The Kier molecular flexibility index (Phi) is 19.7. The first-order valence-corrected chi connectivity index (χ1v) is 24.6. The van der Waals surface area contributed by atoms with Crippen LogP contribution in [0.15, 0.2) is 68.8 Å². The van der Waals surface area contributed by atoms with E-state index in [4.69, 9.17) is 33.8 Å². The normalized spacial score (nSPS) is 18.1. The molecule has 27 heteroatoms. The monoisotopic (exact) mass is 1040 g/mol. The summed E-state index contributed by atoms with van der Waals surface area (Å²) in [5.74, 6) is -8.21. The van der Waals surface area contributed by atoms with Gasteiger partial charge in [0.25, 0.3) is 0 Å². The van der Waals surface area contributed by atoms with Crippen molar-refractivity contribution in [1.29, 1.82) is 0 Å². The maximum absolute atomic E-state index is 13.6. The van der Waals surface area contributed by atoms with Crippen molar-refractivity contribution in [3.63, 3.8) is 0 Å². The Morgan fingerprint density at radius 3 is 2.30 bits per heavy atom. The molecule has 6 amide bonds. The third-order valence-corrected chi connectivity index (χ3v) is 13.1. The number of amides is 6. The molecule has 5 rings (SSSR count). The number of hydrogen-bond donors (Lipinski definition) is 13. The number of phenols is 1. The van der Waals surface area contributed by atoms with E-state index in [9.17, 15) is 58.5 Å². The van der Waals surface area contributed by atoms with Crippen LogP contribution in [0.3, 0.4) is 0 Å². The van der Waals surface area contributed by atoms with Gasteiger partial charge in [-0.05, 0) is 79.9 Å². The van der Waals surface area contributed by atoms with E-state index in [1.54, 1.807) is 24.3 Å². The molecule has 0 spiro atoms. The van der Waals surface area contributed by atoms with Gasteiger partial charge in [-0.1, -0.05) is 27.7 Å². The Morgan fingerprint density at radius 2 is 1.58 bits per heavy atom. The average Bonchev–Trinajstić information content (AvgIpc) is 3.30. The number of carbonyl (C=O) groups is 8. The van der Waals surface area contributed by atoms with Gasteiger partial charge >= 0.3 is 11.9 Å². The van der Waals surface area contributed by atoms with E-state index in [1.807, 2.05) is 0 Å². The van der Waals surface area contributed by atoms with Gasteiger partial charge in [0.1, 0.15) is 41.3 Å².